The van der Waals surface area contributed by atoms with E-state index in [4.69, 9.17) is 0 Å². The number of phosphoric acid groups is 1. The molecule has 0 fully saturated rings. The van der Waals surface area contributed by atoms with Crippen LogP contribution in [0.2, 0.25) is 0 Å². The van der Waals surface area contributed by atoms with E-state index in [1.807, 2.05) is 0 Å². The lowest BCUT2D eigenvalue weighted by atomic mass is 9.99. The third-order valence-electron chi connectivity index (χ3n) is 2.06. The summed E-state index contributed by atoms with van der Waals surface area (Å²) >= 11 is 0. The zero-order valence-electron chi connectivity index (χ0n) is 10.8. The number of phosphoric ester groups is 1. The van der Waals surface area contributed by atoms with Gasteiger partial charge >= 0.3 is 15.0 Å². The summed E-state index contributed by atoms with van der Waals surface area (Å²) < 4.78 is 44.3. The van der Waals surface area contributed by atoms with Crippen LogP contribution in [0.5, 0.6) is 0 Å². The summed E-state index contributed by atoms with van der Waals surface area (Å²) in [5.74, 6) is -1.78. The Morgan fingerprint density at radius 2 is 1.86 bits per heavy atom. The highest BCUT2D eigenvalue weighted by molar-refractivity contribution is 8.20. The van der Waals surface area contributed by atoms with Gasteiger partial charge in [0.05, 0.1) is 20.0 Å². The van der Waals surface area contributed by atoms with Crippen LogP contribution in [-0.4, -0.2) is 18.2 Å². The molecule has 0 N–H and O–H groups in total. The minimum absolute atomic E-state index is 0.717. The smallest absolute Gasteiger partial charge is 0.593 e. The molecule has 0 aliphatic heterocycles. The van der Waals surface area contributed by atoms with Gasteiger partial charge < -0.3 is 38.9 Å². The molecule has 0 aromatic heterocycles. The predicted octanol–water partition coefficient (Wildman–Crippen LogP) is -3.43. The van der Waals surface area contributed by atoms with Gasteiger partial charge in [0.2, 0.25) is 0 Å². The van der Waals surface area contributed by atoms with Crippen molar-refractivity contribution in [3.8, 4) is 0 Å². The van der Waals surface area contributed by atoms with Gasteiger partial charge in [-0.05, 0) is 6.92 Å². The van der Waals surface area contributed by atoms with Crippen LogP contribution in [0.25, 0.3) is 0 Å². The second-order valence-electron chi connectivity index (χ2n) is 3.97. The van der Waals surface area contributed by atoms with Crippen molar-refractivity contribution < 1.29 is 62.3 Å². The first kappa shape index (κ1) is 21.7. The van der Waals surface area contributed by atoms with E-state index >= 15 is 0 Å². The number of hydrogen-bond acceptors (Lipinski definition) is 13. The number of aliphatic carboxylic acids is 1. The molecule has 0 aliphatic rings. The third-order valence-corrected chi connectivity index (χ3v) is 5.63. The summed E-state index contributed by atoms with van der Waals surface area (Å²) in [5.41, 5.74) is -2.16. The monoisotopic (exact) mass is 382 g/mol. The van der Waals surface area contributed by atoms with Crippen LogP contribution >= 0.6 is 22.8 Å². The van der Waals surface area contributed by atoms with Crippen LogP contribution in [0, 0.1) is 0 Å². The number of carbonyl (C=O) groups is 1. The first-order valence-electron chi connectivity index (χ1n) is 5.14. The summed E-state index contributed by atoms with van der Waals surface area (Å²) in [6.45, 7) is -0.0323. The fourth-order valence-corrected chi connectivity index (χ4v) is 3.31. The minimum Gasteiger partial charge on any atom is -0.790 e. The normalized spacial score (nSPS) is 18.3. The van der Waals surface area contributed by atoms with Crippen LogP contribution in [-0.2, 0) is 37.2 Å². The molecule has 0 amide bonds. The summed E-state index contributed by atoms with van der Waals surface area (Å²) in [4.78, 5) is 42.2. The van der Waals surface area contributed by atoms with Crippen molar-refractivity contribution in [3.05, 3.63) is 0 Å². The first-order chi connectivity index (χ1) is 9.83. The van der Waals surface area contributed by atoms with E-state index in [-0.39, 0.29) is 0 Å². The van der Waals surface area contributed by atoms with Crippen LogP contribution in [0.15, 0.2) is 0 Å². The number of carbonyl (C=O) groups excluding carboxylic acids is 1. The predicted molar refractivity (Wildman–Crippen MR) is 54.7 cm³/mol. The van der Waals surface area contributed by atoms with Gasteiger partial charge in [-0.1, -0.05) is 4.57 Å². The topological polar surface area (TPSA) is 220 Å². The summed E-state index contributed by atoms with van der Waals surface area (Å²) in [7, 11) is -14.5. The summed E-state index contributed by atoms with van der Waals surface area (Å²) in [5, 5.41) is 22.9. The molecule has 0 aromatic rings. The fourth-order valence-electron chi connectivity index (χ4n) is 1.25. The van der Waals surface area contributed by atoms with Gasteiger partial charge in [0.1, 0.15) is 0 Å². The number of carboxylic acid groups (broad SMARTS) is 1. The number of rotatable bonds is 11. The van der Waals surface area contributed by atoms with E-state index < -0.39 is 53.8 Å². The first-order valence-corrected chi connectivity index (χ1v) is 10.0. The molecule has 0 saturated heterocycles. The molecule has 0 bridgehead atoms. The molecule has 22 heavy (non-hydrogen) atoms. The Balaban J connectivity index is 4.90. The number of hydrogen-bond donors (Lipinski definition) is 0. The van der Waals surface area contributed by atoms with E-state index in [1.165, 1.54) is 0 Å². The molecule has 0 saturated carbocycles. The van der Waals surface area contributed by atoms with Crippen molar-refractivity contribution in [3.63, 3.8) is 0 Å². The van der Waals surface area contributed by atoms with E-state index in [1.54, 1.807) is 0 Å². The van der Waals surface area contributed by atoms with Crippen LogP contribution < -0.4 is 25.0 Å². The molecular weight excluding hydrogens is 373 g/mol. The maximum Gasteiger partial charge on any atom is 0.593 e. The van der Waals surface area contributed by atoms with E-state index in [0.717, 1.165) is 6.92 Å². The molecule has 16 heteroatoms. The molecule has 0 aliphatic carbocycles. The highest BCUT2D eigenvalue weighted by Crippen LogP contribution is 2.66. The SMILES string of the molecule is CC(CCOP(=O)(OO[O-])[P+](=O)[O-])(CC(=O)[O-])OP(=O)([O-])[O-]. The third kappa shape index (κ3) is 8.37. The van der Waals surface area contributed by atoms with Gasteiger partial charge in [0.25, 0.3) is 0 Å². The molecule has 0 radical (unpaired) electrons. The lowest BCUT2D eigenvalue weighted by molar-refractivity contribution is -0.780. The molecular formula is C6H9O13P3-4. The van der Waals surface area contributed by atoms with Gasteiger partial charge in [-0.3, -0.25) is 9.56 Å². The second kappa shape index (κ2) is 8.53. The molecule has 3 unspecified atom stereocenters. The van der Waals surface area contributed by atoms with Crippen molar-refractivity contribution >= 4 is 28.8 Å². The Morgan fingerprint density at radius 1 is 1.32 bits per heavy atom. The maximum absolute atomic E-state index is 11.4. The van der Waals surface area contributed by atoms with Crippen LogP contribution in [0.4, 0.5) is 0 Å². The largest absolute Gasteiger partial charge is 0.790 e. The Kier molecular flexibility index (Phi) is 8.42. The van der Waals surface area contributed by atoms with Crippen molar-refractivity contribution in [2.45, 2.75) is 25.4 Å². The average Bonchev–Trinajstić information content (AvgIpc) is 2.24. The average molecular weight is 382 g/mol. The molecule has 0 rings (SSSR count). The maximum atomic E-state index is 11.4. The van der Waals surface area contributed by atoms with E-state index in [0.29, 0.717) is 0 Å². The van der Waals surface area contributed by atoms with Gasteiger partial charge in [-0.2, -0.15) is 0 Å². The molecule has 130 valence electrons. The summed E-state index contributed by atoms with van der Waals surface area (Å²) in [6, 6.07) is 0. The van der Waals surface area contributed by atoms with E-state index in [2.05, 4.69) is 18.8 Å². The standard InChI is InChI=1S/C6H13O13P3/c1-6(4-5(7)8,17-21(12,13)14)2-3-16-22(15,19-18-9)20(10)11/h9H,2-4H2,1H3,(H,7,8)(H2,12,13,14)/p-4. The highest BCUT2D eigenvalue weighted by Gasteiger charge is 2.43. The van der Waals surface area contributed by atoms with Gasteiger partial charge in [0.15, 0.2) is 0 Å². The van der Waals surface area contributed by atoms with E-state index in [9.17, 15) is 43.5 Å². The Morgan fingerprint density at radius 3 is 2.23 bits per heavy atom. The lowest BCUT2D eigenvalue weighted by Gasteiger charge is -2.40. The zero-order valence-corrected chi connectivity index (χ0v) is 13.5. The Hall–Kier alpha value is -0.290. The molecule has 0 spiro atoms. The minimum atomic E-state index is -5.60. The van der Waals surface area contributed by atoms with Crippen molar-refractivity contribution in [2.75, 3.05) is 6.61 Å². The van der Waals surface area contributed by atoms with Crippen LogP contribution in [0.1, 0.15) is 19.8 Å². The second-order valence-corrected chi connectivity index (χ2v) is 9.32. The Bertz CT molecular complexity index is 498. The van der Waals surface area contributed by atoms with Crippen molar-refractivity contribution in [1.29, 1.82) is 0 Å². The van der Waals surface area contributed by atoms with Crippen molar-refractivity contribution in [2.24, 2.45) is 0 Å². The van der Waals surface area contributed by atoms with Crippen LogP contribution in [0.3, 0.4) is 0 Å². The summed E-state index contributed by atoms with van der Waals surface area (Å²) in [6.07, 6.45) is -1.79. The molecule has 0 aromatic carbocycles. The number of carboxylic acids is 1. The molecule has 3 atom stereocenters. The molecule has 13 nitrogen and oxygen atoms in total. The van der Waals surface area contributed by atoms with Gasteiger partial charge in [0, 0.05) is 18.8 Å². The highest BCUT2D eigenvalue weighted by atomic mass is 32.1. The van der Waals surface area contributed by atoms with Gasteiger partial charge in [-0.25, -0.2) is 4.57 Å². The molecule has 0 heterocycles. The van der Waals surface area contributed by atoms with Crippen molar-refractivity contribution in [1.82, 2.24) is 0 Å². The lowest BCUT2D eigenvalue weighted by Crippen LogP contribution is -2.40. The Labute approximate surface area is 124 Å². The zero-order chi connectivity index (χ0) is 17.6. The quantitative estimate of drug-likeness (QED) is 0.193. The van der Waals surface area contributed by atoms with Gasteiger partial charge in [-0.15, -0.1) is 4.67 Å². The fraction of sp³-hybridized carbons (Fsp3) is 0.833.